The monoisotopic (exact) mass is 221 g/mol. The van der Waals surface area contributed by atoms with E-state index in [4.69, 9.17) is 0 Å². The van der Waals surface area contributed by atoms with E-state index in [1.807, 2.05) is 27.7 Å². The Kier molecular flexibility index (Phi) is 7.92. The van der Waals surface area contributed by atoms with Crippen molar-refractivity contribution in [3.63, 3.8) is 0 Å². The smallest absolute Gasteiger partial charge is 0.00933 e. The maximum Gasteiger partial charge on any atom is 0.00933 e. The summed E-state index contributed by atoms with van der Waals surface area (Å²) in [6.07, 6.45) is 0. The van der Waals surface area contributed by atoms with Crippen LogP contribution in [0.5, 0.6) is 0 Å². The van der Waals surface area contributed by atoms with Gasteiger partial charge in [-0.2, -0.15) is 0 Å². The van der Waals surface area contributed by atoms with Gasteiger partial charge in [0.25, 0.3) is 0 Å². The number of benzene rings is 1. The van der Waals surface area contributed by atoms with Crippen molar-refractivity contribution in [2.75, 3.05) is 20.1 Å². The van der Waals surface area contributed by atoms with Gasteiger partial charge in [0.2, 0.25) is 0 Å². The highest BCUT2D eigenvalue weighted by molar-refractivity contribution is 5.26. The minimum Gasteiger partial charge on any atom is -0.305 e. The first-order chi connectivity index (χ1) is 7.75. The molecule has 2 rings (SSSR count). The summed E-state index contributed by atoms with van der Waals surface area (Å²) in [5.41, 5.74) is 2.85. The van der Waals surface area contributed by atoms with Crippen molar-refractivity contribution >= 4 is 0 Å². The quantitative estimate of drug-likeness (QED) is 0.691. The van der Waals surface area contributed by atoms with Crippen LogP contribution < -0.4 is 0 Å². The second-order valence-electron chi connectivity index (χ2n) is 3.83. The van der Waals surface area contributed by atoms with Gasteiger partial charge in [-0.15, -0.1) is 0 Å². The number of likely N-dealkylation sites (N-methyl/N-ethyl adjacent to an activating group) is 1. The van der Waals surface area contributed by atoms with E-state index in [1.54, 1.807) is 0 Å². The molecule has 0 N–H and O–H groups in total. The average molecular weight is 221 g/mol. The Morgan fingerprint density at radius 1 is 0.938 bits per heavy atom. The first-order valence-electron chi connectivity index (χ1n) is 6.51. The van der Waals surface area contributed by atoms with Gasteiger partial charge in [0.15, 0.2) is 0 Å². The third-order valence-corrected chi connectivity index (χ3v) is 2.61. The van der Waals surface area contributed by atoms with Gasteiger partial charge >= 0.3 is 0 Å². The lowest BCUT2D eigenvalue weighted by Gasteiger charge is -2.36. The van der Waals surface area contributed by atoms with Gasteiger partial charge in [-0.1, -0.05) is 57.5 Å². The molecule has 1 aliphatic rings. The van der Waals surface area contributed by atoms with Gasteiger partial charge in [-0.3, -0.25) is 0 Å². The van der Waals surface area contributed by atoms with Gasteiger partial charge < -0.3 is 4.90 Å². The van der Waals surface area contributed by atoms with E-state index in [2.05, 4.69) is 43.1 Å². The summed E-state index contributed by atoms with van der Waals surface area (Å²) in [5, 5.41) is 0. The molecule has 0 aromatic heterocycles. The van der Waals surface area contributed by atoms with Crippen LogP contribution in [0.15, 0.2) is 24.3 Å². The van der Waals surface area contributed by atoms with Crippen molar-refractivity contribution in [1.82, 2.24) is 4.90 Å². The molecule has 92 valence electrons. The van der Waals surface area contributed by atoms with Crippen LogP contribution in [-0.4, -0.2) is 25.0 Å². The molecule has 0 spiro atoms. The van der Waals surface area contributed by atoms with Crippen LogP contribution in [0, 0.1) is 6.92 Å². The molecule has 0 atom stereocenters. The molecule has 1 saturated heterocycles. The third kappa shape index (κ3) is 4.36. The molecule has 16 heavy (non-hydrogen) atoms. The van der Waals surface area contributed by atoms with E-state index < -0.39 is 0 Å². The summed E-state index contributed by atoms with van der Waals surface area (Å²) in [6, 6.07) is 8.92. The highest BCUT2D eigenvalue weighted by Crippen LogP contribution is 2.25. The normalized spacial score (nSPS) is 15.1. The molecule has 0 bridgehead atoms. The summed E-state index contributed by atoms with van der Waals surface area (Å²) in [6.45, 7) is 12.6. The molecule has 1 fully saturated rings. The molecule has 0 aliphatic carbocycles. The van der Waals surface area contributed by atoms with E-state index in [-0.39, 0.29) is 0 Å². The summed E-state index contributed by atoms with van der Waals surface area (Å²) >= 11 is 0. The summed E-state index contributed by atoms with van der Waals surface area (Å²) in [5.74, 6) is 0.788. The first kappa shape index (κ1) is 15.2. The van der Waals surface area contributed by atoms with E-state index >= 15 is 0 Å². The highest BCUT2D eigenvalue weighted by Gasteiger charge is 2.23. The van der Waals surface area contributed by atoms with Crippen molar-refractivity contribution in [3.8, 4) is 0 Å². The Labute approximate surface area is 101 Å². The summed E-state index contributed by atoms with van der Waals surface area (Å²) < 4.78 is 0. The average Bonchev–Trinajstić information content (AvgIpc) is 2.32. The molecule has 0 saturated carbocycles. The number of aryl methyl sites for hydroxylation is 1. The van der Waals surface area contributed by atoms with Crippen LogP contribution in [0.25, 0.3) is 0 Å². The van der Waals surface area contributed by atoms with E-state index in [0.717, 1.165) is 5.92 Å². The topological polar surface area (TPSA) is 3.24 Å². The van der Waals surface area contributed by atoms with Gasteiger partial charge in [-0.25, -0.2) is 0 Å². The Morgan fingerprint density at radius 3 is 1.75 bits per heavy atom. The minimum absolute atomic E-state index is 0.788. The Bertz CT molecular complexity index is 257. The van der Waals surface area contributed by atoms with Crippen LogP contribution in [-0.2, 0) is 0 Å². The van der Waals surface area contributed by atoms with Gasteiger partial charge in [0.05, 0.1) is 0 Å². The zero-order valence-corrected chi connectivity index (χ0v) is 11.7. The molecular weight excluding hydrogens is 194 g/mol. The van der Waals surface area contributed by atoms with Crippen LogP contribution in [0.2, 0.25) is 0 Å². The van der Waals surface area contributed by atoms with E-state index in [9.17, 15) is 0 Å². The Morgan fingerprint density at radius 2 is 1.38 bits per heavy atom. The fraction of sp³-hybridized carbons (Fsp3) is 0.600. The molecule has 1 aromatic carbocycles. The van der Waals surface area contributed by atoms with E-state index in [1.165, 1.54) is 24.2 Å². The molecule has 1 heteroatoms. The second-order valence-corrected chi connectivity index (χ2v) is 3.83. The Hall–Kier alpha value is -0.820. The molecule has 1 nitrogen and oxygen atoms in total. The number of nitrogens with zero attached hydrogens (tertiary/aromatic N) is 1. The summed E-state index contributed by atoms with van der Waals surface area (Å²) in [7, 11) is 2.17. The van der Waals surface area contributed by atoms with Gasteiger partial charge in [0, 0.05) is 19.0 Å². The number of hydrogen-bond acceptors (Lipinski definition) is 1. The lowest BCUT2D eigenvalue weighted by atomic mass is 9.92. The van der Waals surface area contributed by atoms with Crippen LogP contribution in [0.3, 0.4) is 0 Å². The SMILES string of the molecule is CC.CC.Cc1ccc(C2CN(C)C2)cc1. The first-order valence-corrected chi connectivity index (χ1v) is 6.51. The largest absolute Gasteiger partial charge is 0.305 e. The minimum atomic E-state index is 0.788. The molecule has 0 unspecified atom stereocenters. The lowest BCUT2D eigenvalue weighted by molar-refractivity contribution is 0.190. The zero-order valence-electron chi connectivity index (χ0n) is 11.7. The zero-order chi connectivity index (χ0) is 12.6. The van der Waals surface area contributed by atoms with Crippen molar-refractivity contribution < 1.29 is 0 Å². The standard InChI is InChI=1S/C11H15N.2C2H6/c1-9-3-5-10(6-4-9)11-7-12(2)8-11;2*1-2/h3-6,11H,7-8H2,1-2H3;2*1-2H3. The van der Waals surface area contributed by atoms with Crippen LogP contribution >= 0.6 is 0 Å². The van der Waals surface area contributed by atoms with Crippen molar-refractivity contribution in [2.45, 2.75) is 40.5 Å². The maximum absolute atomic E-state index is 2.35. The summed E-state index contributed by atoms with van der Waals surface area (Å²) in [4.78, 5) is 2.35. The maximum atomic E-state index is 2.35. The predicted molar refractivity (Wildman–Crippen MR) is 74.1 cm³/mol. The number of rotatable bonds is 1. The highest BCUT2D eigenvalue weighted by atomic mass is 15.2. The van der Waals surface area contributed by atoms with Crippen LogP contribution in [0.1, 0.15) is 44.7 Å². The third-order valence-electron chi connectivity index (χ3n) is 2.61. The molecule has 1 heterocycles. The second kappa shape index (κ2) is 8.35. The van der Waals surface area contributed by atoms with E-state index in [0.29, 0.717) is 0 Å². The van der Waals surface area contributed by atoms with Gasteiger partial charge in [0.1, 0.15) is 0 Å². The molecule has 0 amide bonds. The van der Waals surface area contributed by atoms with Crippen molar-refractivity contribution in [1.29, 1.82) is 0 Å². The van der Waals surface area contributed by atoms with Gasteiger partial charge in [-0.05, 0) is 19.5 Å². The molecule has 1 aromatic rings. The predicted octanol–water partition coefficient (Wildman–Crippen LogP) is 4.08. The molecule has 1 aliphatic heterocycles. The fourth-order valence-corrected chi connectivity index (χ4v) is 1.75. The number of hydrogen-bond donors (Lipinski definition) is 0. The fourth-order valence-electron chi connectivity index (χ4n) is 1.75. The van der Waals surface area contributed by atoms with Crippen molar-refractivity contribution in [3.05, 3.63) is 35.4 Å². The molecular formula is C15H27N. The Balaban J connectivity index is 0.000000509. The molecule has 0 radical (unpaired) electrons. The lowest BCUT2D eigenvalue weighted by Crippen LogP contribution is -2.41. The van der Waals surface area contributed by atoms with Crippen LogP contribution in [0.4, 0.5) is 0 Å². The van der Waals surface area contributed by atoms with Crippen molar-refractivity contribution in [2.24, 2.45) is 0 Å². The number of likely N-dealkylation sites (tertiary alicyclic amines) is 1.